The van der Waals surface area contributed by atoms with Gasteiger partial charge in [0, 0.05) is 26.3 Å². The van der Waals surface area contributed by atoms with E-state index < -0.39 is 10.0 Å². The zero-order valence-electron chi connectivity index (χ0n) is 9.14. The van der Waals surface area contributed by atoms with Crippen LogP contribution in [0.5, 0.6) is 0 Å². The van der Waals surface area contributed by atoms with Crippen LogP contribution < -0.4 is 5.32 Å². The van der Waals surface area contributed by atoms with Gasteiger partial charge < -0.3 is 5.32 Å². The molecular weight excluding hydrogens is 250 g/mol. The van der Waals surface area contributed by atoms with Gasteiger partial charge in [-0.25, -0.2) is 13.4 Å². The second kappa shape index (κ2) is 5.58. The molecule has 16 heavy (non-hydrogen) atoms. The number of nitrogens with zero attached hydrogens (tertiary/aromatic N) is 2. The lowest BCUT2D eigenvalue weighted by Crippen LogP contribution is -2.32. The second-order valence-electron chi connectivity index (χ2n) is 3.25. The van der Waals surface area contributed by atoms with E-state index in [2.05, 4.69) is 10.3 Å². The molecule has 1 aromatic rings. The Balaban J connectivity index is 2.89. The summed E-state index contributed by atoms with van der Waals surface area (Å²) in [7, 11) is -0.159. The molecule has 0 spiro atoms. The summed E-state index contributed by atoms with van der Waals surface area (Å²) in [4.78, 5) is 3.90. The number of aromatic nitrogens is 1. The number of hydrogen-bond donors (Lipinski definition) is 1. The predicted octanol–water partition coefficient (Wildman–Crippen LogP) is 0.575. The third-order valence-electron chi connectivity index (χ3n) is 2.09. The van der Waals surface area contributed by atoms with Crippen molar-refractivity contribution in [1.82, 2.24) is 14.6 Å². The molecule has 0 unspecified atom stereocenters. The van der Waals surface area contributed by atoms with Gasteiger partial charge in [0.15, 0.2) is 0 Å². The number of hydrogen-bond acceptors (Lipinski definition) is 4. The normalized spacial score (nSPS) is 12.0. The number of pyridine rings is 1. The minimum absolute atomic E-state index is 0.149. The zero-order valence-corrected chi connectivity index (χ0v) is 10.7. The Labute approximate surface area is 100 Å². The lowest BCUT2D eigenvalue weighted by Gasteiger charge is -2.16. The fraction of sp³-hybridized carbons (Fsp3) is 0.444. The Morgan fingerprint density at radius 3 is 2.69 bits per heavy atom. The maximum atomic E-state index is 12.0. The predicted molar refractivity (Wildman–Crippen MR) is 63.0 cm³/mol. The Kier molecular flexibility index (Phi) is 4.67. The third kappa shape index (κ3) is 3.15. The Morgan fingerprint density at radius 1 is 1.50 bits per heavy atom. The molecule has 7 heteroatoms. The highest BCUT2D eigenvalue weighted by Crippen LogP contribution is 2.14. The quantitative estimate of drug-likeness (QED) is 0.790. The Bertz CT molecular complexity index is 433. The first-order chi connectivity index (χ1) is 7.48. The van der Waals surface area contributed by atoms with Gasteiger partial charge in [-0.1, -0.05) is 11.6 Å². The van der Waals surface area contributed by atoms with Gasteiger partial charge in [0.05, 0.1) is 0 Å². The van der Waals surface area contributed by atoms with Gasteiger partial charge in [0.1, 0.15) is 10.0 Å². The third-order valence-corrected chi connectivity index (χ3v) is 4.15. The van der Waals surface area contributed by atoms with Crippen LogP contribution in [0.2, 0.25) is 5.15 Å². The second-order valence-corrected chi connectivity index (χ2v) is 5.68. The van der Waals surface area contributed by atoms with Crippen molar-refractivity contribution in [3.05, 3.63) is 23.5 Å². The van der Waals surface area contributed by atoms with Crippen molar-refractivity contribution in [1.29, 1.82) is 0 Å². The van der Waals surface area contributed by atoms with Gasteiger partial charge in [-0.05, 0) is 19.2 Å². The summed E-state index contributed by atoms with van der Waals surface area (Å²) < 4.78 is 25.2. The first kappa shape index (κ1) is 13.4. The average molecular weight is 264 g/mol. The SMILES string of the molecule is CNCCN(C)S(=O)(=O)c1ccc(Cl)nc1. The van der Waals surface area contributed by atoms with Crippen LogP contribution >= 0.6 is 11.6 Å². The Hall–Kier alpha value is -0.690. The maximum absolute atomic E-state index is 12.0. The van der Waals surface area contributed by atoms with E-state index in [1.165, 1.54) is 29.7 Å². The topological polar surface area (TPSA) is 62.3 Å². The summed E-state index contributed by atoms with van der Waals surface area (Å²) in [5, 5.41) is 3.16. The van der Waals surface area contributed by atoms with Crippen molar-refractivity contribution >= 4 is 21.6 Å². The molecule has 0 saturated heterocycles. The average Bonchev–Trinajstić information content (AvgIpc) is 2.26. The van der Waals surface area contributed by atoms with Crippen molar-refractivity contribution in [2.24, 2.45) is 0 Å². The standard InChI is InChI=1S/C9H14ClN3O2S/c1-11-5-6-13(2)16(14,15)8-3-4-9(10)12-7-8/h3-4,7,11H,5-6H2,1-2H3. The van der Waals surface area contributed by atoms with Crippen LogP contribution in [0.4, 0.5) is 0 Å². The zero-order chi connectivity index (χ0) is 12.2. The van der Waals surface area contributed by atoms with Crippen LogP contribution in [0.1, 0.15) is 0 Å². The molecular formula is C9H14ClN3O2S. The molecule has 0 aliphatic carbocycles. The summed E-state index contributed by atoms with van der Waals surface area (Å²) in [6.45, 7) is 0.998. The van der Waals surface area contributed by atoms with Gasteiger partial charge in [0.2, 0.25) is 10.0 Å². The van der Waals surface area contributed by atoms with Crippen molar-refractivity contribution < 1.29 is 8.42 Å². The molecule has 1 N–H and O–H groups in total. The molecule has 0 aromatic carbocycles. The van der Waals surface area contributed by atoms with Gasteiger partial charge in [-0.2, -0.15) is 4.31 Å². The van der Waals surface area contributed by atoms with Gasteiger partial charge >= 0.3 is 0 Å². The fourth-order valence-corrected chi connectivity index (χ4v) is 2.31. The molecule has 0 aliphatic heterocycles. The first-order valence-corrected chi connectivity index (χ1v) is 6.53. The minimum Gasteiger partial charge on any atom is -0.318 e. The van der Waals surface area contributed by atoms with Crippen LogP contribution in [0.3, 0.4) is 0 Å². The minimum atomic E-state index is -3.46. The van der Waals surface area contributed by atoms with Gasteiger partial charge in [-0.3, -0.25) is 0 Å². The van der Waals surface area contributed by atoms with E-state index in [1.54, 1.807) is 7.05 Å². The monoisotopic (exact) mass is 263 g/mol. The summed E-state index contributed by atoms with van der Waals surface area (Å²) in [6, 6.07) is 2.90. The first-order valence-electron chi connectivity index (χ1n) is 4.71. The van der Waals surface area contributed by atoms with E-state index >= 15 is 0 Å². The summed E-state index contributed by atoms with van der Waals surface area (Å²) in [5.41, 5.74) is 0. The Morgan fingerprint density at radius 2 is 2.19 bits per heavy atom. The number of rotatable bonds is 5. The van der Waals surface area contributed by atoms with Gasteiger partial charge in [-0.15, -0.1) is 0 Å². The van der Waals surface area contributed by atoms with E-state index in [-0.39, 0.29) is 10.0 Å². The molecule has 0 amide bonds. The molecule has 90 valence electrons. The highest BCUT2D eigenvalue weighted by molar-refractivity contribution is 7.89. The molecule has 0 bridgehead atoms. The molecule has 0 atom stereocenters. The highest BCUT2D eigenvalue weighted by atomic mass is 35.5. The van der Waals surface area contributed by atoms with Crippen molar-refractivity contribution in [2.45, 2.75) is 4.90 Å². The molecule has 0 aliphatic rings. The van der Waals surface area contributed by atoms with Crippen molar-refractivity contribution in [2.75, 3.05) is 27.2 Å². The van der Waals surface area contributed by atoms with E-state index in [1.807, 2.05) is 0 Å². The molecule has 0 fully saturated rings. The molecule has 1 heterocycles. The summed E-state index contributed by atoms with van der Waals surface area (Å²) in [6.07, 6.45) is 1.26. The molecule has 5 nitrogen and oxygen atoms in total. The summed E-state index contributed by atoms with van der Waals surface area (Å²) >= 11 is 5.60. The maximum Gasteiger partial charge on any atom is 0.244 e. The largest absolute Gasteiger partial charge is 0.318 e. The number of nitrogens with one attached hydrogen (secondary N) is 1. The van der Waals surface area contributed by atoms with E-state index in [0.717, 1.165) is 0 Å². The van der Waals surface area contributed by atoms with Gasteiger partial charge in [0.25, 0.3) is 0 Å². The molecule has 0 radical (unpaired) electrons. The molecule has 1 aromatic heterocycles. The lowest BCUT2D eigenvalue weighted by molar-refractivity contribution is 0.466. The van der Waals surface area contributed by atoms with Crippen LogP contribution in [0, 0.1) is 0 Å². The smallest absolute Gasteiger partial charge is 0.244 e. The van der Waals surface area contributed by atoms with Crippen LogP contribution in [-0.4, -0.2) is 44.9 Å². The van der Waals surface area contributed by atoms with E-state index in [0.29, 0.717) is 13.1 Å². The molecule has 1 rings (SSSR count). The van der Waals surface area contributed by atoms with Crippen molar-refractivity contribution in [3.63, 3.8) is 0 Å². The number of sulfonamides is 1. The van der Waals surface area contributed by atoms with Crippen LogP contribution in [-0.2, 0) is 10.0 Å². The molecule has 0 saturated carbocycles. The highest BCUT2D eigenvalue weighted by Gasteiger charge is 2.20. The van der Waals surface area contributed by atoms with Crippen LogP contribution in [0.25, 0.3) is 0 Å². The summed E-state index contributed by atoms with van der Waals surface area (Å²) in [5.74, 6) is 0. The van der Waals surface area contributed by atoms with E-state index in [9.17, 15) is 8.42 Å². The number of halogens is 1. The van der Waals surface area contributed by atoms with E-state index in [4.69, 9.17) is 11.6 Å². The van der Waals surface area contributed by atoms with Crippen molar-refractivity contribution in [3.8, 4) is 0 Å². The fourth-order valence-electron chi connectivity index (χ4n) is 1.08. The lowest BCUT2D eigenvalue weighted by atomic mass is 10.5. The number of likely N-dealkylation sites (N-methyl/N-ethyl adjacent to an activating group) is 2. The van der Waals surface area contributed by atoms with Crippen LogP contribution in [0.15, 0.2) is 23.2 Å².